The summed E-state index contributed by atoms with van der Waals surface area (Å²) < 4.78 is 5.07. The molecular weight excluding hydrogens is 128 g/mol. The van der Waals surface area contributed by atoms with Gasteiger partial charge in [0, 0.05) is 6.42 Å². The molecule has 0 bridgehead atoms. The fourth-order valence-electron chi connectivity index (χ4n) is 0.724. The third kappa shape index (κ3) is 1.95. The van der Waals surface area contributed by atoms with Crippen LogP contribution in [0.5, 0.6) is 0 Å². The van der Waals surface area contributed by atoms with E-state index in [-0.39, 0.29) is 11.9 Å². The van der Waals surface area contributed by atoms with Crippen LogP contribution in [0.4, 0.5) is 0 Å². The number of hydrogen-bond acceptors (Lipinski definition) is 2. The summed E-state index contributed by atoms with van der Waals surface area (Å²) in [6.45, 7) is 3.84. The Balaban J connectivity index is 2.23. The van der Waals surface area contributed by atoms with Gasteiger partial charge < -0.3 is 4.74 Å². The number of rotatable bonds is 3. The standard InChI is InChI=1S/C8H12O2/c1-3-7(9)4-5-8-6(2)10-8/h4-6,8H,3H2,1-2H3/b5-4+/t6-,8-/m0/s1. The highest BCUT2D eigenvalue weighted by Gasteiger charge is 2.31. The van der Waals surface area contributed by atoms with E-state index in [4.69, 9.17) is 4.74 Å². The molecule has 2 nitrogen and oxygen atoms in total. The van der Waals surface area contributed by atoms with Crippen molar-refractivity contribution in [3.05, 3.63) is 12.2 Å². The van der Waals surface area contributed by atoms with Gasteiger partial charge in [0.15, 0.2) is 5.78 Å². The Morgan fingerprint density at radius 3 is 2.70 bits per heavy atom. The molecule has 56 valence electrons. The van der Waals surface area contributed by atoms with E-state index in [1.165, 1.54) is 0 Å². The monoisotopic (exact) mass is 140 g/mol. The fourth-order valence-corrected chi connectivity index (χ4v) is 0.724. The molecule has 0 aromatic carbocycles. The Bertz CT molecular complexity index is 161. The molecule has 1 aliphatic rings. The maximum absolute atomic E-state index is 10.7. The molecule has 1 rings (SSSR count). The van der Waals surface area contributed by atoms with E-state index in [0.717, 1.165) is 0 Å². The summed E-state index contributed by atoms with van der Waals surface area (Å²) in [6, 6.07) is 0. The zero-order valence-corrected chi connectivity index (χ0v) is 6.33. The SMILES string of the molecule is CCC(=O)/C=C/[C@@H]1O[C@H]1C. The minimum absolute atomic E-state index is 0.169. The Labute approximate surface area is 60.9 Å². The molecule has 0 aliphatic carbocycles. The lowest BCUT2D eigenvalue weighted by atomic mass is 10.2. The predicted molar refractivity (Wildman–Crippen MR) is 38.8 cm³/mol. The van der Waals surface area contributed by atoms with E-state index in [0.29, 0.717) is 12.5 Å². The van der Waals surface area contributed by atoms with Crippen LogP contribution in [0.15, 0.2) is 12.2 Å². The highest BCUT2D eigenvalue weighted by Crippen LogP contribution is 2.21. The number of allylic oxidation sites excluding steroid dienone is 1. The van der Waals surface area contributed by atoms with Gasteiger partial charge in [0.2, 0.25) is 0 Å². The quantitative estimate of drug-likeness (QED) is 0.437. The van der Waals surface area contributed by atoms with Crippen molar-refractivity contribution in [3.8, 4) is 0 Å². The zero-order valence-electron chi connectivity index (χ0n) is 6.33. The second-order valence-corrected chi connectivity index (χ2v) is 2.48. The average molecular weight is 140 g/mol. The third-order valence-electron chi connectivity index (χ3n) is 1.58. The Morgan fingerprint density at radius 2 is 2.30 bits per heavy atom. The normalized spacial score (nSPS) is 31.0. The topological polar surface area (TPSA) is 29.6 Å². The molecule has 2 atom stereocenters. The molecule has 2 heteroatoms. The first-order chi connectivity index (χ1) is 4.74. The van der Waals surface area contributed by atoms with Crippen LogP contribution in [0.1, 0.15) is 20.3 Å². The number of epoxide rings is 1. The summed E-state index contributed by atoms with van der Waals surface area (Å²) in [5.74, 6) is 0.169. The molecule has 1 saturated heterocycles. The van der Waals surface area contributed by atoms with Crippen LogP contribution in [-0.2, 0) is 9.53 Å². The molecule has 0 saturated carbocycles. The average Bonchev–Trinajstić information content (AvgIpc) is 2.61. The minimum atomic E-state index is 0.169. The van der Waals surface area contributed by atoms with E-state index >= 15 is 0 Å². The van der Waals surface area contributed by atoms with E-state index in [9.17, 15) is 4.79 Å². The van der Waals surface area contributed by atoms with Crippen LogP contribution in [-0.4, -0.2) is 18.0 Å². The number of ketones is 1. The van der Waals surface area contributed by atoms with E-state index in [2.05, 4.69) is 0 Å². The van der Waals surface area contributed by atoms with Gasteiger partial charge in [-0.25, -0.2) is 0 Å². The summed E-state index contributed by atoms with van der Waals surface area (Å²) in [5, 5.41) is 0. The lowest BCUT2D eigenvalue weighted by molar-refractivity contribution is -0.114. The summed E-state index contributed by atoms with van der Waals surface area (Å²) in [4.78, 5) is 10.7. The molecule has 1 heterocycles. The van der Waals surface area contributed by atoms with Crippen LogP contribution < -0.4 is 0 Å². The highest BCUT2D eigenvalue weighted by atomic mass is 16.6. The molecular formula is C8H12O2. The second-order valence-electron chi connectivity index (χ2n) is 2.48. The number of hydrogen-bond donors (Lipinski definition) is 0. The predicted octanol–water partition coefficient (Wildman–Crippen LogP) is 1.31. The van der Waals surface area contributed by atoms with Crippen molar-refractivity contribution in [1.29, 1.82) is 0 Å². The summed E-state index contributed by atoms with van der Waals surface area (Å²) in [6.07, 6.45) is 4.54. The van der Waals surface area contributed by atoms with Gasteiger partial charge in [-0.15, -0.1) is 0 Å². The van der Waals surface area contributed by atoms with Gasteiger partial charge in [-0.2, -0.15) is 0 Å². The lowest BCUT2D eigenvalue weighted by Gasteiger charge is -1.81. The van der Waals surface area contributed by atoms with Gasteiger partial charge in [-0.05, 0) is 19.1 Å². The second kappa shape index (κ2) is 2.97. The smallest absolute Gasteiger partial charge is 0.155 e. The molecule has 10 heavy (non-hydrogen) atoms. The molecule has 0 amide bonds. The highest BCUT2D eigenvalue weighted by molar-refractivity contribution is 5.89. The fraction of sp³-hybridized carbons (Fsp3) is 0.625. The molecule has 0 radical (unpaired) electrons. The summed E-state index contributed by atoms with van der Waals surface area (Å²) in [7, 11) is 0. The Morgan fingerprint density at radius 1 is 1.70 bits per heavy atom. The van der Waals surface area contributed by atoms with Crippen molar-refractivity contribution >= 4 is 5.78 Å². The maximum atomic E-state index is 10.7. The van der Waals surface area contributed by atoms with Crippen LogP contribution in [0.25, 0.3) is 0 Å². The van der Waals surface area contributed by atoms with E-state index < -0.39 is 0 Å². The largest absolute Gasteiger partial charge is 0.365 e. The summed E-state index contributed by atoms with van der Waals surface area (Å²) in [5.41, 5.74) is 0. The van der Waals surface area contributed by atoms with Gasteiger partial charge in [-0.1, -0.05) is 6.92 Å². The van der Waals surface area contributed by atoms with Crippen molar-refractivity contribution < 1.29 is 9.53 Å². The number of ether oxygens (including phenoxy) is 1. The van der Waals surface area contributed by atoms with Crippen molar-refractivity contribution in [3.63, 3.8) is 0 Å². The van der Waals surface area contributed by atoms with E-state index in [1.807, 2.05) is 19.9 Å². The maximum Gasteiger partial charge on any atom is 0.155 e. The lowest BCUT2D eigenvalue weighted by Crippen LogP contribution is -1.89. The number of carbonyl (C=O) groups is 1. The molecule has 0 aromatic rings. The van der Waals surface area contributed by atoms with Crippen LogP contribution in [0.2, 0.25) is 0 Å². The van der Waals surface area contributed by atoms with Crippen LogP contribution >= 0.6 is 0 Å². The minimum Gasteiger partial charge on any atom is -0.365 e. The molecule has 0 spiro atoms. The van der Waals surface area contributed by atoms with Crippen molar-refractivity contribution in [2.24, 2.45) is 0 Å². The molecule has 1 aliphatic heterocycles. The van der Waals surface area contributed by atoms with Gasteiger partial charge in [0.25, 0.3) is 0 Å². The van der Waals surface area contributed by atoms with Gasteiger partial charge in [0.05, 0.1) is 6.10 Å². The van der Waals surface area contributed by atoms with Crippen LogP contribution in [0, 0.1) is 0 Å². The first-order valence-electron chi connectivity index (χ1n) is 3.60. The van der Waals surface area contributed by atoms with Crippen molar-refractivity contribution in [1.82, 2.24) is 0 Å². The van der Waals surface area contributed by atoms with Crippen molar-refractivity contribution in [2.75, 3.05) is 0 Å². The zero-order chi connectivity index (χ0) is 7.56. The first kappa shape index (κ1) is 7.48. The summed E-state index contributed by atoms with van der Waals surface area (Å²) >= 11 is 0. The van der Waals surface area contributed by atoms with Gasteiger partial charge in [0.1, 0.15) is 6.10 Å². The molecule has 0 aromatic heterocycles. The Kier molecular flexibility index (Phi) is 2.22. The van der Waals surface area contributed by atoms with Gasteiger partial charge in [-0.3, -0.25) is 4.79 Å². The molecule has 0 N–H and O–H groups in total. The van der Waals surface area contributed by atoms with E-state index in [1.54, 1.807) is 6.08 Å². The number of carbonyl (C=O) groups excluding carboxylic acids is 1. The third-order valence-corrected chi connectivity index (χ3v) is 1.58. The molecule has 0 unspecified atom stereocenters. The Hall–Kier alpha value is -0.630. The van der Waals surface area contributed by atoms with Crippen LogP contribution in [0.3, 0.4) is 0 Å². The van der Waals surface area contributed by atoms with Crippen molar-refractivity contribution in [2.45, 2.75) is 32.5 Å². The first-order valence-corrected chi connectivity index (χ1v) is 3.60. The van der Waals surface area contributed by atoms with Gasteiger partial charge >= 0.3 is 0 Å². The molecule has 1 fully saturated rings.